The van der Waals surface area contributed by atoms with Gasteiger partial charge in [-0.3, -0.25) is 9.59 Å². The van der Waals surface area contributed by atoms with E-state index >= 15 is 0 Å². The first-order valence-electron chi connectivity index (χ1n) is 8.98. The van der Waals surface area contributed by atoms with Crippen LogP contribution in [0.4, 0.5) is 5.69 Å². The van der Waals surface area contributed by atoms with Gasteiger partial charge in [0.25, 0.3) is 0 Å². The Balaban J connectivity index is 1.61. The van der Waals surface area contributed by atoms with Crippen molar-refractivity contribution in [2.45, 2.75) is 31.8 Å². The summed E-state index contributed by atoms with van der Waals surface area (Å²) in [4.78, 5) is 24.1. The molecule has 7 nitrogen and oxygen atoms in total. The molecule has 0 saturated carbocycles. The van der Waals surface area contributed by atoms with Gasteiger partial charge in [-0.05, 0) is 60.2 Å². The second-order valence-electron chi connectivity index (χ2n) is 6.30. The third-order valence-corrected chi connectivity index (χ3v) is 4.94. The molecule has 0 atom stereocenters. The number of amides is 1. The maximum Gasteiger partial charge on any atom is 0.224 e. The van der Waals surface area contributed by atoms with Gasteiger partial charge in [-0.2, -0.15) is 4.68 Å². The number of benzene rings is 2. The van der Waals surface area contributed by atoms with Crippen LogP contribution in [-0.4, -0.2) is 37.7 Å². The van der Waals surface area contributed by atoms with Crippen LogP contribution in [0.2, 0.25) is 0 Å². The topological polar surface area (TPSA) is 89.8 Å². The summed E-state index contributed by atoms with van der Waals surface area (Å²) in [6.45, 7) is 3.96. The van der Waals surface area contributed by atoms with Crippen molar-refractivity contribution in [3.8, 4) is 5.69 Å². The number of tetrazole rings is 1. The molecular weight excluding hydrogens is 374 g/mol. The molecule has 1 N–H and O–H groups in total. The molecule has 0 radical (unpaired) electrons. The van der Waals surface area contributed by atoms with Crippen LogP contribution < -0.4 is 5.32 Å². The normalized spacial score (nSPS) is 10.6. The molecule has 0 saturated heterocycles. The molecule has 28 heavy (non-hydrogen) atoms. The first-order chi connectivity index (χ1) is 13.6. The molecule has 2 aromatic carbocycles. The zero-order valence-electron chi connectivity index (χ0n) is 15.8. The molecule has 0 fully saturated rings. The molecule has 8 heteroatoms. The predicted octanol–water partition coefficient (Wildman–Crippen LogP) is 3.68. The monoisotopic (exact) mass is 395 g/mol. The highest BCUT2D eigenvalue weighted by molar-refractivity contribution is 7.99. The maximum atomic E-state index is 12.5. The molecule has 3 rings (SSSR count). The summed E-state index contributed by atoms with van der Waals surface area (Å²) in [5.74, 6) is 0.156. The zero-order chi connectivity index (χ0) is 19.9. The van der Waals surface area contributed by atoms with Crippen molar-refractivity contribution < 1.29 is 9.59 Å². The number of aryl methyl sites for hydroxylation is 1. The van der Waals surface area contributed by atoms with Crippen LogP contribution in [0.1, 0.15) is 35.7 Å². The van der Waals surface area contributed by atoms with Crippen molar-refractivity contribution in [2.24, 2.45) is 0 Å². The van der Waals surface area contributed by atoms with Gasteiger partial charge in [0.05, 0.1) is 11.4 Å². The Kier molecular flexibility index (Phi) is 6.54. The Labute approximate surface area is 167 Å². The van der Waals surface area contributed by atoms with Crippen LogP contribution in [0.25, 0.3) is 5.69 Å². The summed E-state index contributed by atoms with van der Waals surface area (Å²) >= 11 is 1.28. The highest BCUT2D eigenvalue weighted by atomic mass is 32.2. The van der Waals surface area contributed by atoms with E-state index in [1.165, 1.54) is 11.8 Å². The van der Waals surface area contributed by atoms with Crippen LogP contribution >= 0.6 is 11.8 Å². The fourth-order valence-corrected chi connectivity index (χ4v) is 3.31. The minimum atomic E-state index is -0.0325. The lowest BCUT2D eigenvalue weighted by Gasteiger charge is -2.06. The molecule has 1 heterocycles. The average molecular weight is 395 g/mol. The number of thioether (sulfide) groups is 1. The molecule has 1 amide bonds. The number of hydrogen-bond donors (Lipinski definition) is 1. The van der Waals surface area contributed by atoms with Crippen molar-refractivity contribution in [1.29, 1.82) is 0 Å². The van der Waals surface area contributed by atoms with Crippen molar-refractivity contribution >= 4 is 29.1 Å². The molecule has 0 unspecified atom stereocenters. The number of nitrogens with zero attached hydrogens (tertiary/aromatic N) is 4. The number of rotatable bonds is 8. The van der Waals surface area contributed by atoms with Gasteiger partial charge < -0.3 is 5.32 Å². The Morgan fingerprint density at radius 2 is 1.79 bits per heavy atom. The van der Waals surface area contributed by atoms with E-state index in [2.05, 4.69) is 20.8 Å². The Hall–Kier alpha value is -3.00. The van der Waals surface area contributed by atoms with Crippen LogP contribution in [0.5, 0.6) is 0 Å². The Morgan fingerprint density at radius 1 is 1.07 bits per heavy atom. The summed E-state index contributed by atoms with van der Waals surface area (Å²) in [7, 11) is 0. The van der Waals surface area contributed by atoms with E-state index in [9.17, 15) is 9.59 Å². The summed E-state index contributed by atoms with van der Waals surface area (Å²) in [6.07, 6.45) is 1.27. The number of Topliss-reactive ketones (excluding diaryl/α,β-unsaturated/α-hetero) is 1. The van der Waals surface area contributed by atoms with Crippen molar-refractivity contribution in [1.82, 2.24) is 20.2 Å². The third kappa shape index (κ3) is 5.04. The molecule has 0 aliphatic heterocycles. The van der Waals surface area contributed by atoms with E-state index in [1.54, 1.807) is 28.9 Å². The summed E-state index contributed by atoms with van der Waals surface area (Å²) in [5.41, 5.74) is 3.26. The fourth-order valence-electron chi connectivity index (χ4n) is 2.52. The van der Waals surface area contributed by atoms with E-state index in [-0.39, 0.29) is 17.4 Å². The average Bonchev–Trinajstić information content (AvgIpc) is 3.16. The first kappa shape index (κ1) is 19.8. The summed E-state index contributed by atoms with van der Waals surface area (Å²) in [6, 6.07) is 14.7. The van der Waals surface area contributed by atoms with Crippen molar-refractivity contribution in [3.05, 3.63) is 59.7 Å². The quantitative estimate of drug-likeness (QED) is 0.462. The number of nitrogens with one attached hydrogen (secondary N) is 1. The third-order valence-electron chi connectivity index (χ3n) is 4.02. The summed E-state index contributed by atoms with van der Waals surface area (Å²) < 4.78 is 1.61. The SMILES string of the molecule is CCCC(=O)Nc1ccc(C(=O)CSc2nnnn2-c2ccc(C)cc2)cc1. The lowest BCUT2D eigenvalue weighted by Crippen LogP contribution is -2.11. The van der Waals surface area contributed by atoms with E-state index < -0.39 is 0 Å². The molecule has 0 spiro atoms. The maximum absolute atomic E-state index is 12.5. The predicted molar refractivity (Wildman–Crippen MR) is 109 cm³/mol. The number of carbonyl (C=O) groups excluding carboxylic acids is 2. The van der Waals surface area contributed by atoms with Crippen LogP contribution in [-0.2, 0) is 4.79 Å². The van der Waals surface area contributed by atoms with Gasteiger partial charge in [-0.1, -0.05) is 36.4 Å². The smallest absolute Gasteiger partial charge is 0.224 e. The largest absolute Gasteiger partial charge is 0.326 e. The van der Waals surface area contributed by atoms with Crippen LogP contribution in [0.15, 0.2) is 53.7 Å². The highest BCUT2D eigenvalue weighted by Gasteiger charge is 2.13. The lowest BCUT2D eigenvalue weighted by molar-refractivity contribution is -0.116. The number of aromatic nitrogens is 4. The molecular formula is C20H21N5O2S. The number of ketones is 1. The first-order valence-corrected chi connectivity index (χ1v) is 9.96. The van der Waals surface area contributed by atoms with Gasteiger partial charge >= 0.3 is 0 Å². The summed E-state index contributed by atoms with van der Waals surface area (Å²) in [5, 5.41) is 15.1. The minimum absolute atomic E-state index is 0.0277. The number of anilines is 1. The van der Waals surface area contributed by atoms with Crippen LogP contribution in [0.3, 0.4) is 0 Å². The molecule has 0 aliphatic carbocycles. The number of carbonyl (C=O) groups is 2. The van der Waals surface area contributed by atoms with Crippen molar-refractivity contribution in [3.63, 3.8) is 0 Å². The standard InChI is InChI=1S/C20H21N5O2S/c1-3-4-19(27)21-16-9-7-15(8-10-16)18(26)13-28-20-22-23-24-25(20)17-11-5-14(2)6-12-17/h5-12H,3-4,13H2,1-2H3,(H,21,27). The minimum Gasteiger partial charge on any atom is -0.326 e. The Bertz CT molecular complexity index is 951. The van der Waals surface area contributed by atoms with Gasteiger partial charge in [0.2, 0.25) is 11.1 Å². The van der Waals surface area contributed by atoms with E-state index in [0.29, 0.717) is 22.8 Å². The van der Waals surface area contributed by atoms with Gasteiger partial charge in [-0.25, -0.2) is 0 Å². The lowest BCUT2D eigenvalue weighted by atomic mass is 10.1. The van der Waals surface area contributed by atoms with E-state index in [4.69, 9.17) is 0 Å². The molecule has 0 bridgehead atoms. The van der Waals surface area contributed by atoms with Gasteiger partial charge in [0, 0.05) is 17.7 Å². The molecule has 144 valence electrons. The highest BCUT2D eigenvalue weighted by Crippen LogP contribution is 2.20. The zero-order valence-corrected chi connectivity index (χ0v) is 16.6. The number of hydrogen-bond acceptors (Lipinski definition) is 6. The molecule has 0 aliphatic rings. The van der Waals surface area contributed by atoms with E-state index in [1.807, 2.05) is 38.1 Å². The Morgan fingerprint density at radius 3 is 2.46 bits per heavy atom. The van der Waals surface area contributed by atoms with Gasteiger partial charge in [-0.15, -0.1) is 5.10 Å². The van der Waals surface area contributed by atoms with Gasteiger partial charge in [0.1, 0.15) is 0 Å². The fraction of sp³-hybridized carbons (Fsp3) is 0.250. The van der Waals surface area contributed by atoms with Crippen LogP contribution in [0, 0.1) is 6.92 Å². The second-order valence-corrected chi connectivity index (χ2v) is 7.24. The second kappa shape index (κ2) is 9.27. The van der Waals surface area contributed by atoms with Crippen molar-refractivity contribution in [2.75, 3.05) is 11.1 Å². The van der Waals surface area contributed by atoms with E-state index in [0.717, 1.165) is 17.7 Å². The molecule has 1 aromatic heterocycles. The van der Waals surface area contributed by atoms with Gasteiger partial charge in [0.15, 0.2) is 5.78 Å². The molecule has 3 aromatic rings.